The largest absolute Gasteiger partial charge is 0.491 e. The van der Waals surface area contributed by atoms with Crippen molar-refractivity contribution in [3.63, 3.8) is 0 Å². The lowest BCUT2D eigenvalue weighted by molar-refractivity contribution is -0.150. The number of carbonyl (C=O) groups excluding carboxylic acids is 2. The molecule has 0 bridgehead atoms. The molecule has 0 aromatic heterocycles. The van der Waals surface area contributed by atoms with E-state index < -0.39 is 11.2 Å². The fraction of sp³-hybridized carbons (Fsp3) is 0.600. The summed E-state index contributed by atoms with van der Waals surface area (Å²) in [7, 11) is 3.90. The Morgan fingerprint density at radius 1 is 1.39 bits per heavy atom. The van der Waals surface area contributed by atoms with Crippen molar-refractivity contribution in [1.29, 1.82) is 0 Å². The molecule has 2 aliphatic heterocycles. The molecule has 2 heterocycles. The summed E-state index contributed by atoms with van der Waals surface area (Å²) < 4.78 is 24.8. The summed E-state index contributed by atoms with van der Waals surface area (Å²) >= 11 is 0. The number of carbonyl (C=O) groups is 2. The third-order valence-electron chi connectivity index (χ3n) is 5.45. The number of nitrogens with two attached hydrogens (primary N) is 1. The predicted octanol–water partition coefficient (Wildman–Crippen LogP) is 1.26. The van der Waals surface area contributed by atoms with E-state index >= 15 is 0 Å². The minimum Gasteiger partial charge on any atom is -0.491 e. The summed E-state index contributed by atoms with van der Waals surface area (Å²) in [5.74, 6) is -0.631. The van der Waals surface area contributed by atoms with E-state index in [-0.39, 0.29) is 30.2 Å². The first-order valence-corrected chi connectivity index (χ1v) is 9.62. The Bertz CT molecular complexity index is 732. The number of halogens is 1. The third-order valence-corrected chi connectivity index (χ3v) is 5.45. The number of piperidine rings is 1. The molecular formula is C20H28FN3O4. The van der Waals surface area contributed by atoms with Crippen molar-refractivity contribution < 1.29 is 23.5 Å². The number of hydrogen-bond donors (Lipinski definition) is 1. The highest BCUT2D eigenvalue weighted by Crippen LogP contribution is 2.43. The number of nitrogens with zero attached hydrogens (tertiary/aromatic N) is 2. The molecule has 28 heavy (non-hydrogen) atoms. The van der Waals surface area contributed by atoms with Crippen LogP contribution in [0.25, 0.3) is 0 Å². The van der Waals surface area contributed by atoms with Crippen LogP contribution in [-0.2, 0) is 9.53 Å². The Kier molecular flexibility index (Phi) is 6.20. The number of rotatable bonds is 6. The fourth-order valence-corrected chi connectivity index (χ4v) is 4.03. The van der Waals surface area contributed by atoms with Crippen molar-refractivity contribution >= 4 is 11.9 Å². The van der Waals surface area contributed by atoms with Gasteiger partial charge in [0.05, 0.1) is 11.0 Å². The van der Waals surface area contributed by atoms with Crippen LogP contribution in [0.3, 0.4) is 0 Å². The van der Waals surface area contributed by atoms with Gasteiger partial charge in [0.1, 0.15) is 24.3 Å². The number of likely N-dealkylation sites (tertiary alicyclic amines) is 1. The number of benzene rings is 1. The SMILES string of the molecule is CN(C)CC1CC2(CCN(C(=O)c3cc(F)ccc3OCCN)CC2)C(=O)O1. The van der Waals surface area contributed by atoms with E-state index in [0.717, 1.165) is 0 Å². The highest BCUT2D eigenvalue weighted by atomic mass is 19.1. The minimum atomic E-state index is -0.516. The topological polar surface area (TPSA) is 85.1 Å². The molecule has 1 spiro atoms. The zero-order valence-electron chi connectivity index (χ0n) is 16.4. The summed E-state index contributed by atoms with van der Waals surface area (Å²) in [5.41, 5.74) is 5.12. The van der Waals surface area contributed by atoms with Crippen molar-refractivity contribution in [2.24, 2.45) is 11.1 Å². The molecule has 1 atom stereocenters. The van der Waals surface area contributed by atoms with E-state index in [1.54, 1.807) is 4.90 Å². The maximum Gasteiger partial charge on any atom is 0.312 e. The number of ether oxygens (including phenoxy) is 2. The van der Waals surface area contributed by atoms with Gasteiger partial charge in [-0.3, -0.25) is 9.59 Å². The first-order chi connectivity index (χ1) is 13.3. The Morgan fingerprint density at radius 3 is 2.75 bits per heavy atom. The van der Waals surface area contributed by atoms with Gasteiger partial charge in [0.2, 0.25) is 0 Å². The molecule has 154 valence electrons. The molecule has 3 rings (SSSR count). The van der Waals surface area contributed by atoms with E-state index in [4.69, 9.17) is 15.2 Å². The van der Waals surface area contributed by atoms with Gasteiger partial charge in [-0.25, -0.2) is 4.39 Å². The van der Waals surface area contributed by atoms with Gasteiger partial charge in [-0.2, -0.15) is 0 Å². The summed E-state index contributed by atoms with van der Waals surface area (Å²) in [4.78, 5) is 29.1. The number of cyclic esters (lactones) is 1. The van der Waals surface area contributed by atoms with Gasteiger partial charge in [-0.05, 0) is 45.1 Å². The predicted molar refractivity (Wildman–Crippen MR) is 102 cm³/mol. The van der Waals surface area contributed by atoms with Crippen molar-refractivity contribution in [3.05, 3.63) is 29.6 Å². The summed E-state index contributed by atoms with van der Waals surface area (Å²) in [5, 5.41) is 0. The van der Waals surface area contributed by atoms with Gasteiger partial charge >= 0.3 is 5.97 Å². The molecule has 8 heteroatoms. The zero-order chi connectivity index (χ0) is 20.3. The Balaban J connectivity index is 1.68. The van der Waals surface area contributed by atoms with E-state index in [0.29, 0.717) is 51.2 Å². The number of esters is 1. The second-order valence-corrected chi connectivity index (χ2v) is 7.84. The van der Waals surface area contributed by atoms with Gasteiger partial charge in [0.15, 0.2) is 0 Å². The average Bonchev–Trinajstić information content (AvgIpc) is 2.94. The van der Waals surface area contributed by atoms with Crippen molar-refractivity contribution in [2.75, 3.05) is 46.9 Å². The normalized spacial score (nSPS) is 21.2. The van der Waals surface area contributed by atoms with Crippen LogP contribution in [0.15, 0.2) is 18.2 Å². The summed E-state index contributed by atoms with van der Waals surface area (Å²) in [6.07, 6.45) is 1.67. The number of likely N-dealkylation sites (N-methyl/N-ethyl adjacent to an activating group) is 1. The van der Waals surface area contributed by atoms with Gasteiger partial charge in [0.25, 0.3) is 5.91 Å². The molecule has 1 aromatic carbocycles. The van der Waals surface area contributed by atoms with Crippen LogP contribution in [0.5, 0.6) is 5.75 Å². The quantitative estimate of drug-likeness (QED) is 0.733. The molecule has 2 saturated heterocycles. The van der Waals surface area contributed by atoms with E-state index in [1.807, 2.05) is 19.0 Å². The fourth-order valence-electron chi connectivity index (χ4n) is 4.03. The average molecular weight is 393 g/mol. The highest BCUT2D eigenvalue weighted by Gasteiger charge is 2.50. The minimum absolute atomic E-state index is 0.107. The molecular weight excluding hydrogens is 365 g/mol. The monoisotopic (exact) mass is 393 g/mol. The zero-order valence-corrected chi connectivity index (χ0v) is 16.4. The van der Waals surface area contributed by atoms with E-state index in [1.165, 1.54) is 18.2 Å². The number of amides is 1. The van der Waals surface area contributed by atoms with Crippen LogP contribution in [0.4, 0.5) is 4.39 Å². The molecule has 0 aliphatic carbocycles. The Labute approximate surface area is 164 Å². The lowest BCUT2D eigenvalue weighted by Gasteiger charge is -2.36. The van der Waals surface area contributed by atoms with Gasteiger partial charge in [-0.15, -0.1) is 0 Å². The van der Waals surface area contributed by atoms with Crippen LogP contribution in [-0.4, -0.2) is 74.7 Å². The first kappa shape index (κ1) is 20.5. The highest BCUT2D eigenvalue weighted by molar-refractivity contribution is 5.97. The lowest BCUT2D eigenvalue weighted by atomic mass is 9.76. The standard InChI is InChI=1S/C20H28FN3O4/c1-23(2)13-15-12-20(19(26)28-15)5-8-24(9-6-20)18(25)16-11-14(21)3-4-17(16)27-10-7-22/h3-4,11,15H,5-10,12-13,22H2,1-2H3. The lowest BCUT2D eigenvalue weighted by Crippen LogP contribution is -2.45. The van der Waals surface area contributed by atoms with Crippen LogP contribution >= 0.6 is 0 Å². The molecule has 2 aliphatic rings. The molecule has 0 radical (unpaired) electrons. The number of hydrogen-bond acceptors (Lipinski definition) is 6. The van der Waals surface area contributed by atoms with Gasteiger partial charge < -0.3 is 25.0 Å². The molecule has 7 nitrogen and oxygen atoms in total. The molecule has 2 fully saturated rings. The third kappa shape index (κ3) is 4.28. The van der Waals surface area contributed by atoms with Gasteiger partial charge in [0, 0.05) is 32.6 Å². The smallest absolute Gasteiger partial charge is 0.312 e. The van der Waals surface area contributed by atoms with E-state index in [2.05, 4.69) is 0 Å². The molecule has 1 aromatic rings. The van der Waals surface area contributed by atoms with Crippen molar-refractivity contribution in [2.45, 2.75) is 25.4 Å². The van der Waals surface area contributed by atoms with Gasteiger partial charge in [-0.1, -0.05) is 0 Å². The second-order valence-electron chi connectivity index (χ2n) is 7.84. The summed E-state index contributed by atoms with van der Waals surface area (Å²) in [6.45, 7) is 2.09. The molecule has 1 unspecified atom stereocenters. The van der Waals surface area contributed by atoms with Crippen LogP contribution in [0.1, 0.15) is 29.6 Å². The maximum atomic E-state index is 13.7. The van der Waals surface area contributed by atoms with Crippen LogP contribution < -0.4 is 10.5 Å². The van der Waals surface area contributed by atoms with Crippen LogP contribution in [0, 0.1) is 11.2 Å². The van der Waals surface area contributed by atoms with Crippen molar-refractivity contribution in [3.8, 4) is 5.75 Å². The maximum absolute atomic E-state index is 13.7. The second kappa shape index (κ2) is 8.45. The Morgan fingerprint density at radius 2 is 2.11 bits per heavy atom. The van der Waals surface area contributed by atoms with Crippen molar-refractivity contribution in [1.82, 2.24) is 9.80 Å². The summed E-state index contributed by atoms with van der Waals surface area (Å²) in [6, 6.07) is 3.90. The first-order valence-electron chi connectivity index (χ1n) is 9.62. The Hall–Kier alpha value is -2.19. The molecule has 0 saturated carbocycles. The van der Waals surface area contributed by atoms with E-state index in [9.17, 15) is 14.0 Å². The molecule has 2 N–H and O–H groups in total. The van der Waals surface area contributed by atoms with Crippen LogP contribution in [0.2, 0.25) is 0 Å². The molecule has 1 amide bonds.